The number of benzene rings is 1. The Balaban J connectivity index is 2.14. The van der Waals surface area contributed by atoms with Crippen molar-refractivity contribution in [3.8, 4) is 6.07 Å². The lowest BCUT2D eigenvalue weighted by molar-refractivity contribution is 0.102. The van der Waals surface area contributed by atoms with Gasteiger partial charge in [-0.1, -0.05) is 12.1 Å². The van der Waals surface area contributed by atoms with Gasteiger partial charge in [0, 0.05) is 24.1 Å². The van der Waals surface area contributed by atoms with E-state index in [2.05, 4.69) is 10.3 Å². The van der Waals surface area contributed by atoms with Gasteiger partial charge in [0.25, 0.3) is 5.91 Å². The van der Waals surface area contributed by atoms with E-state index >= 15 is 0 Å². The summed E-state index contributed by atoms with van der Waals surface area (Å²) in [6, 6.07) is 10.2. The molecule has 0 unspecified atom stereocenters. The van der Waals surface area contributed by atoms with Crippen molar-refractivity contribution < 1.29 is 4.79 Å². The van der Waals surface area contributed by atoms with Gasteiger partial charge in [0.15, 0.2) is 5.43 Å². The highest BCUT2D eigenvalue weighted by Crippen LogP contribution is 2.10. The SMILES string of the molecule is N#CCc1ccc(NC(=O)c2c[nH]ccc2=O)cc1. The highest BCUT2D eigenvalue weighted by atomic mass is 16.2. The van der Waals surface area contributed by atoms with Crippen molar-refractivity contribution in [1.82, 2.24) is 4.98 Å². The maximum atomic E-state index is 11.9. The van der Waals surface area contributed by atoms with Gasteiger partial charge in [0.1, 0.15) is 5.56 Å². The highest BCUT2D eigenvalue weighted by Gasteiger charge is 2.09. The Morgan fingerprint density at radius 3 is 2.63 bits per heavy atom. The number of pyridine rings is 1. The standard InChI is InChI=1S/C14H11N3O2/c15-7-5-10-1-3-11(4-2-10)17-14(19)12-9-16-8-6-13(12)18/h1-4,6,8-9H,5H2,(H,16,18)(H,17,19). The molecule has 1 amide bonds. The smallest absolute Gasteiger partial charge is 0.261 e. The van der Waals surface area contributed by atoms with Crippen molar-refractivity contribution in [2.45, 2.75) is 6.42 Å². The molecule has 0 atom stereocenters. The van der Waals surface area contributed by atoms with Crippen LogP contribution in [0, 0.1) is 11.3 Å². The number of nitriles is 1. The highest BCUT2D eigenvalue weighted by molar-refractivity contribution is 6.03. The average Bonchev–Trinajstić information content (AvgIpc) is 2.42. The lowest BCUT2D eigenvalue weighted by atomic mass is 10.1. The molecule has 2 N–H and O–H groups in total. The predicted octanol–water partition coefficient (Wildman–Crippen LogP) is 1.69. The van der Waals surface area contributed by atoms with Gasteiger partial charge in [-0.05, 0) is 17.7 Å². The van der Waals surface area contributed by atoms with Crippen LogP contribution in [0.25, 0.3) is 0 Å². The Hall–Kier alpha value is -2.87. The summed E-state index contributed by atoms with van der Waals surface area (Å²) < 4.78 is 0. The maximum absolute atomic E-state index is 11.9. The first-order valence-electron chi connectivity index (χ1n) is 5.65. The van der Waals surface area contributed by atoms with E-state index in [-0.39, 0.29) is 11.0 Å². The summed E-state index contributed by atoms with van der Waals surface area (Å²) in [6.07, 6.45) is 3.16. The van der Waals surface area contributed by atoms with Crippen LogP contribution in [0.5, 0.6) is 0 Å². The first-order valence-corrected chi connectivity index (χ1v) is 5.65. The third kappa shape index (κ3) is 3.07. The Morgan fingerprint density at radius 1 is 1.26 bits per heavy atom. The Bertz CT molecular complexity index is 681. The summed E-state index contributed by atoms with van der Waals surface area (Å²) in [5.74, 6) is -0.463. The summed E-state index contributed by atoms with van der Waals surface area (Å²) in [5, 5.41) is 11.2. The number of carbonyl (C=O) groups excluding carboxylic acids is 1. The third-order valence-corrected chi connectivity index (χ3v) is 2.56. The van der Waals surface area contributed by atoms with E-state index in [0.29, 0.717) is 12.1 Å². The molecule has 19 heavy (non-hydrogen) atoms. The Morgan fingerprint density at radius 2 is 2.00 bits per heavy atom. The number of amides is 1. The van der Waals surface area contributed by atoms with E-state index in [4.69, 9.17) is 5.26 Å². The fraction of sp³-hybridized carbons (Fsp3) is 0.0714. The average molecular weight is 253 g/mol. The number of rotatable bonds is 3. The zero-order valence-electron chi connectivity index (χ0n) is 10.0. The zero-order chi connectivity index (χ0) is 13.7. The summed E-state index contributed by atoms with van der Waals surface area (Å²) in [7, 11) is 0. The fourth-order valence-electron chi connectivity index (χ4n) is 1.59. The zero-order valence-corrected chi connectivity index (χ0v) is 10.0. The van der Waals surface area contributed by atoms with Crippen LogP contribution in [0.4, 0.5) is 5.69 Å². The Kier molecular flexibility index (Phi) is 3.74. The Labute approximate surface area is 109 Å². The number of aromatic amines is 1. The topological polar surface area (TPSA) is 85.8 Å². The van der Waals surface area contributed by atoms with E-state index in [1.54, 1.807) is 24.3 Å². The van der Waals surface area contributed by atoms with E-state index in [1.165, 1.54) is 18.5 Å². The molecule has 0 aliphatic rings. The van der Waals surface area contributed by atoms with Crippen LogP contribution in [0.3, 0.4) is 0 Å². The predicted molar refractivity (Wildman–Crippen MR) is 70.8 cm³/mol. The first-order chi connectivity index (χ1) is 9.20. The van der Waals surface area contributed by atoms with Crippen molar-refractivity contribution in [3.63, 3.8) is 0 Å². The van der Waals surface area contributed by atoms with E-state index in [9.17, 15) is 9.59 Å². The number of aromatic nitrogens is 1. The monoisotopic (exact) mass is 253 g/mol. The van der Waals surface area contributed by atoms with Gasteiger partial charge in [-0.2, -0.15) is 5.26 Å². The van der Waals surface area contributed by atoms with Gasteiger partial charge in [0.2, 0.25) is 0 Å². The maximum Gasteiger partial charge on any atom is 0.261 e. The molecule has 0 saturated carbocycles. The molecule has 2 aromatic rings. The molecule has 5 heteroatoms. The summed E-state index contributed by atoms with van der Waals surface area (Å²) in [5.41, 5.74) is 1.17. The summed E-state index contributed by atoms with van der Waals surface area (Å²) >= 11 is 0. The molecule has 0 radical (unpaired) electrons. The van der Waals surface area contributed by atoms with Crippen molar-refractivity contribution in [2.75, 3.05) is 5.32 Å². The van der Waals surface area contributed by atoms with Crippen molar-refractivity contribution in [3.05, 3.63) is 64.1 Å². The van der Waals surface area contributed by atoms with Crippen LogP contribution in [0.2, 0.25) is 0 Å². The number of hydrogen-bond donors (Lipinski definition) is 2. The molecule has 2 rings (SSSR count). The molecule has 5 nitrogen and oxygen atoms in total. The van der Waals surface area contributed by atoms with Crippen LogP contribution >= 0.6 is 0 Å². The number of hydrogen-bond acceptors (Lipinski definition) is 3. The molecule has 0 bridgehead atoms. The molecule has 1 heterocycles. The van der Waals surface area contributed by atoms with Gasteiger partial charge in [-0.15, -0.1) is 0 Å². The molecule has 0 aliphatic heterocycles. The number of H-pyrrole nitrogens is 1. The molecular formula is C14H11N3O2. The molecule has 0 aliphatic carbocycles. The molecule has 1 aromatic carbocycles. The normalized spacial score (nSPS) is 9.63. The number of anilines is 1. The lowest BCUT2D eigenvalue weighted by Crippen LogP contribution is -2.20. The quantitative estimate of drug-likeness (QED) is 0.872. The van der Waals surface area contributed by atoms with Gasteiger partial charge >= 0.3 is 0 Å². The third-order valence-electron chi connectivity index (χ3n) is 2.56. The molecule has 0 fully saturated rings. The molecule has 94 valence electrons. The minimum absolute atomic E-state index is 0.0589. The van der Waals surface area contributed by atoms with Crippen LogP contribution in [0.1, 0.15) is 15.9 Å². The van der Waals surface area contributed by atoms with Crippen molar-refractivity contribution >= 4 is 11.6 Å². The number of nitrogens with one attached hydrogen (secondary N) is 2. The van der Waals surface area contributed by atoms with Gasteiger partial charge in [-0.25, -0.2) is 0 Å². The van der Waals surface area contributed by atoms with Crippen LogP contribution < -0.4 is 10.7 Å². The van der Waals surface area contributed by atoms with Crippen molar-refractivity contribution in [1.29, 1.82) is 5.26 Å². The van der Waals surface area contributed by atoms with E-state index in [1.807, 2.05) is 6.07 Å². The minimum Gasteiger partial charge on any atom is -0.367 e. The second-order valence-electron chi connectivity index (χ2n) is 3.91. The minimum atomic E-state index is -0.463. The summed E-state index contributed by atoms with van der Waals surface area (Å²) in [4.78, 5) is 26.0. The van der Waals surface area contributed by atoms with E-state index < -0.39 is 5.91 Å². The van der Waals surface area contributed by atoms with Crippen LogP contribution in [-0.2, 0) is 6.42 Å². The fourth-order valence-corrected chi connectivity index (χ4v) is 1.59. The van der Waals surface area contributed by atoms with Gasteiger partial charge < -0.3 is 10.3 Å². The van der Waals surface area contributed by atoms with Crippen LogP contribution in [0.15, 0.2) is 47.5 Å². The molecule has 0 saturated heterocycles. The largest absolute Gasteiger partial charge is 0.367 e. The van der Waals surface area contributed by atoms with Gasteiger partial charge in [0.05, 0.1) is 12.5 Å². The first kappa shape index (κ1) is 12.6. The molecule has 0 spiro atoms. The number of nitrogens with zero attached hydrogens (tertiary/aromatic N) is 1. The second kappa shape index (κ2) is 5.65. The number of carbonyl (C=O) groups is 1. The van der Waals surface area contributed by atoms with E-state index in [0.717, 1.165) is 5.56 Å². The summed E-state index contributed by atoms with van der Waals surface area (Å²) in [6.45, 7) is 0. The molecular weight excluding hydrogens is 242 g/mol. The lowest BCUT2D eigenvalue weighted by Gasteiger charge is -2.05. The molecule has 1 aromatic heterocycles. The second-order valence-corrected chi connectivity index (χ2v) is 3.91. The van der Waals surface area contributed by atoms with Crippen molar-refractivity contribution in [2.24, 2.45) is 0 Å². The van der Waals surface area contributed by atoms with Crippen LogP contribution in [-0.4, -0.2) is 10.9 Å². The van der Waals surface area contributed by atoms with Gasteiger partial charge in [-0.3, -0.25) is 9.59 Å².